The molecule has 93 valence electrons. The van der Waals surface area contributed by atoms with Gasteiger partial charge in [-0.15, -0.1) is 0 Å². The molecule has 1 aliphatic carbocycles. The minimum atomic E-state index is -1.48. The van der Waals surface area contributed by atoms with Crippen molar-refractivity contribution in [2.45, 2.75) is 20.0 Å². The Balaban J connectivity index is 2.12. The van der Waals surface area contributed by atoms with E-state index in [9.17, 15) is 0 Å². The molecule has 2 aliphatic rings. The van der Waals surface area contributed by atoms with Crippen molar-refractivity contribution in [3.05, 3.63) is 65.6 Å². The first kappa shape index (κ1) is 11.2. The lowest BCUT2D eigenvalue weighted by molar-refractivity contribution is 1.44. The number of allylic oxidation sites excluding steroid dienone is 1. The molecule has 0 fully saturated rings. The summed E-state index contributed by atoms with van der Waals surface area (Å²) >= 11 is 0. The Morgan fingerprint density at radius 3 is 2.32 bits per heavy atom. The first-order valence-electron chi connectivity index (χ1n) is 6.90. The summed E-state index contributed by atoms with van der Waals surface area (Å²) in [5.74, 6) is 0. The van der Waals surface area contributed by atoms with Gasteiger partial charge in [-0.25, -0.2) is 0 Å². The Labute approximate surface area is 115 Å². The number of hydrogen-bond donors (Lipinski definition) is 0. The van der Waals surface area contributed by atoms with Gasteiger partial charge in [0.25, 0.3) is 0 Å². The van der Waals surface area contributed by atoms with Crippen LogP contribution in [-0.2, 0) is 0 Å². The van der Waals surface area contributed by atoms with Gasteiger partial charge in [-0.05, 0) is 39.6 Å². The smallest absolute Gasteiger partial charge is 0.0646 e. The van der Waals surface area contributed by atoms with Crippen LogP contribution < -0.4 is 5.19 Å². The third kappa shape index (κ3) is 1.29. The van der Waals surface area contributed by atoms with Crippen LogP contribution in [0.2, 0.25) is 13.1 Å². The summed E-state index contributed by atoms with van der Waals surface area (Å²) in [6.45, 7) is 7.26. The first-order valence-corrected chi connectivity index (χ1v) is 9.90. The predicted molar refractivity (Wildman–Crippen MR) is 85.0 cm³/mol. The molecule has 1 aliphatic heterocycles. The Morgan fingerprint density at radius 2 is 1.58 bits per heavy atom. The summed E-state index contributed by atoms with van der Waals surface area (Å²) in [6.07, 6.45) is 2.37. The second-order valence-electron chi connectivity index (χ2n) is 6.15. The average molecular weight is 261 g/mol. The van der Waals surface area contributed by atoms with Gasteiger partial charge in [0, 0.05) is 6.42 Å². The zero-order valence-electron chi connectivity index (χ0n) is 11.6. The Bertz CT molecular complexity index is 721. The number of benzene rings is 2. The van der Waals surface area contributed by atoms with Gasteiger partial charge in [0.05, 0.1) is 0 Å². The second-order valence-corrected chi connectivity index (χ2v) is 10.4. The van der Waals surface area contributed by atoms with E-state index in [1.165, 1.54) is 27.8 Å². The predicted octanol–water partition coefficient (Wildman–Crippen LogP) is 4.16. The number of hydrogen-bond acceptors (Lipinski definition) is 0. The lowest BCUT2D eigenvalue weighted by atomic mass is 9.97. The molecule has 0 unspecified atom stereocenters. The van der Waals surface area contributed by atoms with Gasteiger partial charge in [0.15, 0.2) is 0 Å². The van der Waals surface area contributed by atoms with E-state index >= 15 is 0 Å². The van der Waals surface area contributed by atoms with Gasteiger partial charge < -0.3 is 0 Å². The molecule has 0 nitrogen and oxygen atoms in total. The van der Waals surface area contributed by atoms with Crippen molar-refractivity contribution in [2.75, 3.05) is 0 Å². The topological polar surface area (TPSA) is 0 Å². The minimum absolute atomic E-state index is 1.38. The van der Waals surface area contributed by atoms with Crippen molar-refractivity contribution in [3.63, 3.8) is 0 Å². The fourth-order valence-corrected chi connectivity index (χ4v) is 7.49. The molecule has 0 saturated heterocycles. The van der Waals surface area contributed by atoms with Gasteiger partial charge in [0.1, 0.15) is 8.07 Å². The highest BCUT2D eigenvalue weighted by Crippen LogP contribution is 2.49. The van der Waals surface area contributed by atoms with Gasteiger partial charge in [0.2, 0.25) is 0 Å². The van der Waals surface area contributed by atoms with E-state index in [0.29, 0.717) is 0 Å². The highest BCUT2D eigenvalue weighted by Gasteiger charge is 2.44. The quantitative estimate of drug-likeness (QED) is 0.676. The van der Waals surface area contributed by atoms with Crippen LogP contribution in [0.15, 0.2) is 48.0 Å². The molecule has 0 atom stereocenters. The van der Waals surface area contributed by atoms with Crippen LogP contribution in [0.25, 0.3) is 16.3 Å². The molecule has 0 spiro atoms. The van der Waals surface area contributed by atoms with Crippen molar-refractivity contribution in [3.8, 4) is 11.1 Å². The van der Waals surface area contributed by atoms with E-state index in [2.05, 4.69) is 68.9 Å². The van der Waals surface area contributed by atoms with Crippen molar-refractivity contribution in [1.29, 1.82) is 0 Å². The standard InChI is InChI=1S/C18H17Si/c1-12-11-14-9-10-15-16(13-7-5-4-6-8-13)17(14)18(12)19(15,2)3/h4-11H,1-3H3. The molecule has 0 saturated carbocycles. The Hall–Kier alpha value is -1.60. The van der Waals surface area contributed by atoms with E-state index in [1.807, 2.05) is 0 Å². The van der Waals surface area contributed by atoms with Gasteiger partial charge in [-0.1, -0.05) is 61.1 Å². The summed E-state index contributed by atoms with van der Waals surface area (Å²) in [5, 5.41) is 3.28. The maximum absolute atomic E-state index is 2.49. The largest absolute Gasteiger partial charge is 0.113 e. The van der Waals surface area contributed by atoms with Crippen molar-refractivity contribution in [1.82, 2.24) is 0 Å². The molecular formula is C18H17Si. The summed E-state index contributed by atoms with van der Waals surface area (Å²) in [7, 11) is -1.48. The van der Waals surface area contributed by atoms with Crippen LogP contribution >= 0.6 is 0 Å². The lowest BCUT2D eigenvalue weighted by Gasteiger charge is -2.20. The monoisotopic (exact) mass is 261 g/mol. The van der Waals surface area contributed by atoms with Crippen LogP contribution in [0.1, 0.15) is 18.1 Å². The Kier molecular flexibility index (Phi) is 2.06. The zero-order chi connectivity index (χ0) is 13.2. The molecule has 1 heterocycles. The van der Waals surface area contributed by atoms with Gasteiger partial charge >= 0.3 is 0 Å². The van der Waals surface area contributed by atoms with E-state index in [-0.39, 0.29) is 0 Å². The van der Waals surface area contributed by atoms with Crippen molar-refractivity contribution in [2.24, 2.45) is 0 Å². The Morgan fingerprint density at radius 1 is 0.842 bits per heavy atom. The van der Waals surface area contributed by atoms with E-state index in [0.717, 1.165) is 0 Å². The maximum Gasteiger partial charge on any atom is 0.113 e. The first-order chi connectivity index (χ1) is 9.10. The van der Waals surface area contributed by atoms with Gasteiger partial charge in [-0.3, -0.25) is 0 Å². The fourth-order valence-electron chi connectivity index (χ4n) is 3.88. The lowest BCUT2D eigenvalue weighted by Crippen LogP contribution is -2.39. The fraction of sp³-hybridized carbons (Fsp3) is 0.167. The second kappa shape index (κ2) is 3.49. The minimum Gasteiger partial charge on any atom is -0.0646 e. The number of fused-ring (bicyclic) bond motifs is 1. The highest BCUT2D eigenvalue weighted by molar-refractivity contribution is 7.07. The third-order valence-corrected chi connectivity index (χ3v) is 8.27. The van der Waals surface area contributed by atoms with Crippen LogP contribution in [0.5, 0.6) is 0 Å². The molecule has 0 aromatic heterocycles. The van der Waals surface area contributed by atoms with E-state index in [4.69, 9.17) is 0 Å². The van der Waals surface area contributed by atoms with E-state index < -0.39 is 8.07 Å². The third-order valence-electron chi connectivity index (χ3n) is 4.61. The van der Waals surface area contributed by atoms with Crippen LogP contribution in [0.3, 0.4) is 0 Å². The summed E-state index contributed by atoms with van der Waals surface area (Å²) < 4.78 is 0. The summed E-state index contributed by atoms with van der Waals surface area (Å²) in [5.41, 5.74) is 7.35. The molecule has 0 amide bonds. The SMILES string of the molecule is CC1=C2c3c(ccc(c3-c3ccccc3)[Si]2(C)C)[CH]1. The molecule has 2 aromatic carbocycles. The average Bonchev–Trinajstić information content (AvgIpc) is 2.82. The summed E-state index contributed by atoms with van der Waals surface area (Å²) in [4.78, 5) is 0. The van der Waals surface area contributed by atoms with Crippen molar-refractivity contribution < 1.29 is 0 Å². The molecule has 4 rings (SSSR count). The zero-order valence-corrected chi connectivity index (χ0v) is 12.6. The van der Waals surface area contributed by atoms with Crippen LogP contribution in [-0.4, -0.2) is 8.07 Å². The maximum atomic E-state index is 2.49. The summed E-state index contributed by atoms with van der Waals surface area (Å²) in [6, 6.07) is 15.6. The molecule has 2 aromatic rings. The molecule has 1 radical (unpaired) electrons. The highest BCUT2D eigenvalue weighted by atomic mass is 28.3. The molecule has 0 N–H and O–H groups in total. The van der Waals surface area contributed by atoms with Crippen LogP contribution in [0, 0.1) is 6.42 Å². The molecule has 19 heavy (non-hydrogen) atoms. The van der Waals surface area contributed by atoms with Crippen LogP contribution in [0.4, 0.5) is 0 Å². The normalized spacial score (nSPS) is 18.3. The van der Waals surface area contributed by atoms with E-state index in [1.54, 1.807) is 10.4 Å². The molecule has 1 heteroatoms. The molecular weight excluding hydrogens is 244 g/mol. The van der Waals surface area contributed by atoms with Crippen molar-refractivity contribution >= 4 is 18.5 Å². The molecule has 2 bridgehead atoms. The number of rotatable bonds is 1. The van der Waals surface area contributed by atoms with Gasteiger partial charge in [-0.2, -0.15) is 0 Å².